The molecule has 3 atom stereocenters. The molecule has 0 fully saturated rings. The average molecular weight is 259 g/mol. The largest absolute Gasteiger partial charge is 0.317 e. The minimum atomic E-state index is 0.409. The second kappa shape index (κ2) is 5.66. The fourth-order valence-electron chi connectivity index (χ4n) is 3.03. The summed E-state index contributed by atoms with van der Waals surface area (Å²) < 4.78 is 0. The summed E-state index contributed by atoms with van der Waals surface area (Å²) in [5.41, 5.74) is 3.56. The van der Waals surface area contributed by atoms with Crippen LogP contribution in [0.25, 0.3) is 0 Å². The van der Waals surface area contributed by atoms with Gasteiger partial charge in [0.1, 0.15) is 0 Å². The van der Waals surface area contributed by atoms with Gasteiger partial charge in [-0.3, -0.25) is 0 Å². The van der Waals surface area contributed by atoms with E-state index in [1.807, 2.05) is 0 Å². The third-order valence-electron chi connectivity index (χ3n) is 5.05. The van der Waals surface area contributed by atoms with E-state index in [0.29, 0.717) is 11.5 Å². The van der Waals surface area contributed by atoms with Crippen molar-refractivity contribution in [1.29, 1.82) is 0 Å². The molecule has 1 heteroatoms. The lowest BCUT2D eigenvalue weighted by molar-refractivity contribution is 0.217. The van der Waals surface area contributed by atoms with E-state index >= 15 is 0 Å². The molecule has 0 spiro atoms. The van der Waals surface area contributed by atoms with Crippen LogP contribution >= 0.6 is 0 Å². The highest BCUT2D eigenvalue weighted by molar-refractivity contribution is 5.39. The number of hydrogen-bond donors (Lipinski definition) is 1. The second-order valence-corrected chi connectivity index (χ2v) is 7.32. The van der Waals surface area contributed by atoms with E-state index in [2.05, 4.69) is 64.3 Å². The van der Waals surface area contributed by atoms with E-state index in [0.717, 1.165) is 11.8 Å². The maximum Gasteiger partial charge on any atom is 0.00727 e. The monoisotopic (exact) mass is 259 g/mol. The topological polar surface area (TPSA) is 12.0 Å². The maximum absolute atomic E-state index is 3.53. The van der Waals surface area contributed by atoms with Gasteiger partial charge in [-0.05, 0) is 54.7 Å². The Morgan fingerprint density at radius 3 is 2.53 bits per heavy atom. The Kier molecular flexibility index (Phi) is 4.35. The van der Waals surface area contributed by atoms with Crippen LogP contribution in [0.4, 0.5) is 0 Å². The molecule has 1 aliphatic carbocycles. The number of hydrogen-bond acceptors (Lipinski definition) is 1. The highest BCUT2D eigenvalue weighted by atomic mass is 14.9. The zero-order chi connectivity index (χ0) is 14.0. The summed E-state index contributed by atoms with van der Waals surface area (Å²) in [5, 5.41) is 3.53. The van der Waals surface area contributed by atoms with Crippen LogP contribution in [0, 0.1) is 11.3 Å². The molecule has 19 heavy (non-hydrogen) atoms. The lowest BCUT2D eigenvalue weighted by atomic mass is 9.72. The fourth-order valence-corrected chi connectivity index (χ4v) is 3.03. The fraction of sp³-hybridized carbons (Fsp3) is 0.667. The van der Waals surface area contributed by atoms with Crippen molar-refractivity contribution < 1.29 is 0 Å². The van der Waals surface area contributed by atoms with Crippen molar-refractivity contribution in [3.8, 4) is 0 Å². The van der Waals surface area contributed by atoms with Gasteiger partial charge in [-0.1, -0.05) is 52.0 Å². The van der Waals surface area contributed by atoms with Gasteiger partial charge in [0, 0.05) is 6.04 Å². The Morgan fingerprint density at radius 2 is 1.95 bits per heavy atom. The normalized spacial score (nSPS) is 21.4. The van der Waals surface area contributed by atoms with E-state index in [-0.39, 0.29) is 0 Å². The van der Waals surface area contributed by atoms with Crippen LogP contribution in [0.1, 0.15) is 57.6 Å². The molecule has 0 bridgehead atoms. The Morgan fingerprint density at radius 1 is 1.26 bits per heavy atom. The molecule has 0 heterocycles. The first-order chi connectivity index (χ1) is 8.91. The van der Waals surface area contributed by atoms with Crippen molar-refractivity contribution in [3.63, 3.8) is 0 Å². The van der Waals surface area contributed by atoms with E-state index in [4.69, 9.17) is 0 Å². The Hall–Kier alpha value is -0.820. The summed E-state index contributed by atoms with van der Waals surface area (Å²) in [6, 6.07) is 9.57. The minimum absolute atomic E-state index is 0.409. The quantitative estimate of drug-likeness (QED) is 0.827. The molecule has 1 aromatic rings. The molecule has 1 N–H and O–H groups in total. The van der Waals surface area contributed by atoms with Gasteiger partial charge in [-0.2, -0.15) is 0 Å². The van der Waals surface area contributed by atoms with Gasteiger partial charge < -0.3 is 5.32 Å². The smallest absolute Gasteiger partial charge is 0.00727 e. The maximum atomic E-state index is 3.53. The third kappa shape index (κ3) is 3.39. The first kappa shape index (κ1) is 14.6. The van der Waals surface area contributed by atoms with E-state index in [1.165, 1.54) is 19.3 Å². The zero-order valence-electron chi connectivity index (χ0n) is 13.2. The molecule has 0 saturated heterocycles. The number of fused-ring (bicyclic) bond motifs is 1. The number of benzene rings is 1. The number of rotatable bonds is 5. The summed E-state index contributed by atoms with van der Waals surface area (Å²) in [5.74, 6) is 1.53. The highest BCUT2D eigenvalue weighted by Crippen LogP contribution is 2.39. The van der Waals surface area contributed by atoms with Crippen LogP contribution in [0.5, 0.6) is 0 Å². The second-order valence-electron chi connectivity index (χ2n) is 7.32. The molecular weight excluding hydrogens is 230 g/mol. The van der Waals surface area contributed by atoms with Crippen molar-refractivity contribution in [2.45, 2.75) is 58.9 Å². The van der Waals surface area contributed by atoms with E-state index in [1.54, 1.807) is 11.1 Å². The van der Waals surface area contributed by atoms with Crippen LogP contribution in [0.2, 0.25) is 0 Å². The molecule has 0 saturated carbocycles. The molecule has 0 aromatic heterocycles. The van der Waals surface area contributed by atoms with Gasteiger partial charge in [0.15, 0.2) is 0 Å². The van der Waals surface area contributed by atoms with Crippen LogP contribution in [0.3, 0.4) is 0 Å². The summed E-state index contributed by atoms with van der Waals surface area (Å²) in [4.78, 5) is 0. The molecule has 106 valence electrons. The van der Waals surface area contributed by atoms with Crippen LogP contribution in [-0.2, 0) is 6.42 Å². The average Bonchev–Trinajstić information content (AvgIpc) is 2.33. The highest BCUT2D eigenvalue weighted by Gasteiger charge is 2.29. The summed E-state index contributed by atoms with van der Waals surface area (Å²) in [7, 11) is 2.12. The SMILES string of the molecule is CNC(CC1Cc2ccccc21)CC(C)C(C)(C)C. The van der Waals surface area contributed by atoms with E-state index < -0.39 is 0 Å². The van der Waals surface area contributed by atoms with Crippen molar-refractivity contribution in [2.24, 2.45) is 11.3 Å². The van der Waals surface area contributed by atoms with Crippen LogP contribution in [0.15, 0.2) is 24.3 Å². The molecule has 1 nitrogen and oxygen atoms in total. The summed E-state index contributed by atoms with van der Waals surface area (Å²) >= 11 is 0. The van der Waals surface area contributed by atoms with Gasteiger partial charge in [-0.15, -0.1) is 0 Å². The molecule has 1 aliphatic rings. The van der Waals surface area contributed by atoms with Crippen molar-refractivity contribution in [2.75, 3.05) is 7.05 Å². The molecular formula is C18H29N. The predicted molar refractivity (Wildman–Crippen MR) is 83.6 cm³/mol. The first-order valence-corrected chi connectivity index (χ1v) is 7.67. The zero-order valence-corrected chi connectivity index (χ0v) is 13.2. The third-order valence-corrected chi connectivity index (χ3v) is 5.05. The van der Waals surface area contributed by atoms with Crippen LogP contribution in [-0.4, -0.2) is 13.1 Å². The van der Waals surface area contributed by atoms with Gasteiger partial charge in [-0.25, -0.2) is 0 Å². The Balaban J connectivity index is 1.91. The Labute approximate surface area is 118 Å². The summed E-state index contributed by atoms with van der Waals surface area (Å²) in [6.45, 7) is 9.44. The predicted octanol–water partition coefficient (Wildman–Crippen LogP) is 4.38. The van der Waals surface area contributed by atoms with Crippen molar-refractivity contribution >= 4 is 0 Å². The Bertz CT molecular complexity index is 416. The lowest BCUT2D eigenvalue weighted by Gasteiger charge is -2.36. The lowest BCUT2D eigenvalue weighted by Crippen LogP contribution is -2.34. The van der Waals surface area contributed by atoms with Gasteiger partial charge >= 0.3 is 0 Å². The van der Waals surface area contributed by atoms with Crippen molar-refractivity contribution in [3.05, 3.63) is 35.4 Å². The number of nitrogens with one attached hydrogen (secondary N) is 1. The van der Waals surface area contributed by atoms with E-state index in [9.17, 15) is 0 Å². The molecule has 0 radical (unpaired) electrons. The van der Waals surface area contributed by atoms with Crippen LogP contribution < -0.4 is 5.32 Å². The molecule has 3 unspecified atom stereocenters. The molecule has 0 aliphatic heterocycles. The first-order valence-electron chi connectivity index (χ1n) is 7.67. The van der Waals surface area contributed by atoms with Crippen molar-refractivity contribution in [1.82, 2.24) is 5.32 Å². The van der Waals surface area contributed by atoms with Gasteiger partial charge in [0.05, 0.1) is 0 Å². The molecule has 1 aromatic carbocycles. The minimum Gasteiger partial charge on any atom is -0.317 e. The standard InChI is InChI=1S/C18H29N/c1-13(18(2,3)4)10-16(19-5)12-15-11-14-8-6-7-9-17(14)15/h6-9,13,15-16,19H,10-12H2,1-5H3. The van der Waals surface area contributed by atoms with Gasteiger partial charge in [0.2, 0.25) is 0 Å². The summed E-state index contributed by atoms with van der Waals surface area (Å²) in [6.07, 6.45) is 3.84. The molecule has 0 amide bonds. The van der Waals surface area contributed by atoms with Gasteiger partial charge in [0.25, 0.3) is 0 Å². The molecule has 2 rings (SSSR count).